The van der Waals surface area contributed by atoms with Crippen LogP contribution >= 0.6 is 34.8 Å². The zero-order valence-corrected chi connectivity index (χ0v) is 9.90. The number of ether oxygens (including phenoxy) is 2. The first-order chi connectivity index (χ1) is 6.46. The Kier molecular flexibility index (Phi) is 4.47. The van der Waals surface area contributed by atoms with E-state index in [2.05, 4.69) is 0 Å². The second-order valence-corrected chi connectivity index (χ2v) is 5.37. The molecule has 0 radical (unpaired) electrons. The molecule has 0 aromatic rings. The molecule has 6 heteroatoms. The molecule has 0 aromatic heterocycles. The molecule has 3 nitrogen and oxygen atoms in total. The highest BCUT2D eigenvalue weighted by Crippen LogP contribution is 2.35. The molecule has 0 bridgehead atoms. The van der Waals surface area contributed by atoms with E-state index in [1.54, 1.807) is 0 Å². The Hall–Kier alpha value is 0.460. The summed E-state index contributed by atoms with van der Waals surface area (Å²) in [6.07, 6.45) is 0.814. The molecule has 0 spiro atoms. The minimum atomic E-state index is -1.89. The number of Topliss-reactive ketones (excluding diaryl/α,β-unsaturated/α-hetero) is 1. The SMILES string of the molecule is COC1OCCCC1C(=O)C(Cl)(Cl)Cl. The van der Waals surface area contributed by atoms with E-state index in [0.717, 1.165) is 6.42 Å². The molecule has 0 saturated carbocycles. The summed E-state index contributed by atoms with van der Waals surface area (Å²) in [7, 11) is 1.47. The number of carbonyl (C=O) groups excluding carboxylic acids is 1. The molecular formula is C8H11Cl3O3. The van der Waals surface area contributed by atoms with E-state index in [0.29, 0.717) is 13.0 Å². The van der Waals surface area contributed by atoms with Crippen molar-refractivity contribution in [3.05, 3.63) is 0 Å². The molecule has 82 valence electrons. The molecule has 1 saturated heterocycles. The molecule has 2 atom stereocenters. The first-order valence-corrected chi connectivity index (χ1v) is 5.35. The summed E-state index contributed by atoms with van der Waals surface area (Å²) in [5, 5.41) is 0. The Labute approximate surface area is 97.6 Å². The zero-order valence-electron chi connectivity index (χ0n) is 7.63. The lowest BCUT2D eigenvalue weighted by atomic mass is 9.96. The largest absolute Gasteiger partial charge is 0.355 e. The summed E-state index contributed by atoms with van der Waals surface area (Å²) in [6.45, 7) is 0.572. The predicted molar refractivity (Wildman–Crippen MR) is 54.8 cm³/mol. The smallest absolute Gasteiger partial charge is 0.249 e. The van der Waals surface area contributed by atoms with Gasteiger partial charge in [-0.25, -0.2) is 0 Å². The van der Waals surface area contributed by atoms with Gasteiger partial charge >= 0.3 is 0 Å². The van der Waals surface area contributed by atoms with E-state index >= 15 is 0 Å². The van der Waals surface area contributed by atoms with Gasteiger partial charge in [-0.15, -0.1) is 0 Å². The van der Waals surface area contributed by atoms with Gasteiger partial charge in [0.25, 0.3) is 0 Å². The summed E-state index contributed by atoms with van der Waals surface area (Å²) < 4.78 is 8.35. The third-order valence-electron chi connectivity index (χ3n) is 2.12. The molecule has 1 aliphatic heterocycles. The lowest BCUT2D eigenvalue weighted by Gasteiger charge is -2.30. The minimum Gasteiger partial charge on any atom is -0.355 e. The van der Waals surface area contributed by atoms with E-state index in [1.165, 1.54) is 7.11 Å². The maximum Gasteiger partial charge on any atom is 0.249 e. The van der Waals surface area contributed by atoms with Gasteiger partial charge < -0.3 is 9.47 Å². The van der Waals surface area contributed by atoms with Gasteiger partial charge in [-0.05, 0) is 12.8 Å². The molecule has 0 N–H and O–H groups in total. The van der Waals surface area contributed by atoms with Crippen molar-refractivity contribution >= 4 is 40.6 Å². The Morgan fingerprint density at radius 1 is 1.50 bits per heavy atom. The van der Waals surface area contributed by atoms with Gasteiger partial charge in [-0.1, -0.05) is 34.8 Å². The zero-order chi connectivity index (χ0) is 10.8. The van der Waals surface area contributed by atoms with Crippen molar-refractivity contribution in [3.63, 3.8) is 0 Å². The van der Waals surface area contributed by atoms with Crippen LogP contribution in [0.2, 0.25) is 0 Å². The van der Waals surface area contributed by atoms with Crippen LogP contribution in [0.1, 0.15) is 12.8 Å². The highest BCUT2D eigenvalue weighted by Gasteiger charge is 2.42. The number of methoxy groups -OCH3 is 1. The number of halogens is 3. The van der Waals surface area contributed by atoms with E-state index in [1.807, 2.05) is 0 Å². The average Bonchev–Trinajstić information content (AvgIpc) is 2.15. The Morgan fingerprint density at radius 2 is 2.14 bits per heavy atom. The first-order valence-electron chi connectivity index (χ1n) is 4.22. The van der Waals surface area contributed by atoms with Crippen LogP contribution in [0.5, 0.6) is 0 Å². The summed E-state index contributed by atoms with van der Waals surface area (Å²) in [5.41, 5.74) is 0. The van der Waals surface area contributed by atoms with Gasteiger partial charge in [0.15, 0.2) is 12.1 Å². The Morgan fingerprint density at radius 3 is 2.64 bits per heavy atom. The van der Waals surface area contributed by atoms with Crippen LogP contribution < -0.4 is 0 Å². The molecule has 2 unspecified atom stereocenters. The van der Waals surface area contributed by atoms with Crippen LogP contribution in [0.3, 0.4) is 0 Å². The van der Waals surface area contributed by atoms with E-state index < -0.39 is 21.8 Å². The van der Waals surface area contributed by atoms with Crippen LogP contribution in [-0.2, 0) is 14.3 Å². The van der Waals surface area contributed by atoms with Gasteiger partial charge in [0.2, 0.25) is 3.79 Å². The van der Waals surface area contributed by atoms with E-state index in [4.69, 9.17) is 44.3 Å². The fourth-order valence-electron chi connectivity index (χ4n) is 1.45. The molecular weight excluding hydrogens is 250 g/mol. The van der Waals surface area contributed by atoms with Crippen LogP contribution in [0, 0.1) is 5.92 Å². The van der Waals surface area contributed by atoms with Crippen LogP contribution in [0.15, 0.2) is 0 Å². The molecule has 0 aromatic carbocycles. The van der Waals surface area contributed by atoms with Gasteiger partial charge in [0.1, 0.15) is 0 Å². The van der Waals surface area contributed by atoms with Crippen molar-refractivity contribution in [2.24, 2.45) is 5.92 Å². The summed E-state index contributed by atoms with van der Waals surface area (Å²) in [5.74, 6) is -0.949. The highest BCUT2D eigenvalue weighted by molar-refractivity contribution is 6.76. The fourth-order valence-corrected chi connectivity index (χ4v) is 1.87. The summed E-state index contributed by atoms with van der Waals surface area (Å²) in [6, 6.07) is 0. The highest BCUT2D eigenvalue weighted by atomic mass is 35.6. The van der Waals surface area contributed by atoms with Crippen LogP contribution in [0.4, 0.5) is 0 Å². The molecule has 14 heavy (non-hydrogen) atoms. The van der Waals surface area contributed by atoms with Crippen molar-refractivity contribution in [2.45, 2.75) is 22.9 Å². The van der Waals surface area contributed by atoms with Crippen LogP contribution in [-0.4, -0.2) is 29.6 Å². The number of ketones is 1. The monoisotopic (exact) mass is 260 g/mol. The lowest BCUT2D eigenvalue weighted by Crippen LogP contribution is -2.41. The normalized spacial score (nSPS) is 28.9. The second kappa shape index (κ2) is 4.99. The average molecular weight is 262 g/mol. The van der Waals surface area contributed by atoms with E-state index in [-0.39, 0.29) is 0 Å². The quantitative estimate of drug-likeness (QED) is 0.716. The second-order valence-electron chi connectivity index (χ2n) is 3.09. The topological polar surface area (TPSA) is 35.5 Å². The summed E-state index contributed by atoms with van der Waals surface area (Å²) >= 11 is 16.5. The van der Waals surface area contributed by atoms with E-state index in [9.17, 15) is 4.79 Å². The number of rotatable bonds is 2. The Bertz CT molecular complexity index is 214. The van der Waals surface area contributed by atoms with Crippen molar-refractivity contribution in [1.82, 2.24) is 0 Å². The first kappa shape index (κ1) is 12.5. The van der Waals surface area contributed by atoms with Crippen molar-refractivity contribution in [1.29, 1.82) is 0 Å². The molecule has 1 rings (SSSR count). The van der Waals surface area contributed by atoms with Crippen LogP contribution in [0.25, 0.3) is 0 Å². The maximum absolute atomic E-state index is 11.6. The van der Waals surface area contributed by atoms with Crippen molar-refractivity contribution in [3.8, 4) is 0 Å². The number of carbonyl (C=O) groups is 1. The minimum absolute atomic E-state index is 0.464. The van der Waals surface area contributed by atoms with Gasteiger partial charge in [0.05, 0.1) is 5.92 Å². The molecule has 1 fully saturated rings. The number of hydrogen-bond donors (Lipinski definition) is 0. The third kappa shape index (κ3) is 2.97. The van der Waals surface area contributed by atoms with Gasteiger partial charge in [0, 0.05) is 13.7 Å². The maximum atomic E-state index is 11.6. The van der Waals surface area contributed by atoms with Gasteiger partial charge in [-0.3, -0.25) is 4.79 Å². The lowest BCUT2D eigenvalue weighted by molar-refractivity contribution is -0.182. The van der Waals surface area contributed by atoms with Gasteiger partial charge in [-0.2, -0.15) is 0 Å². The van der Waals surface area contributed by atoms with Crippen molar-refractivity contribution in [2.75, 3.05) is 13.7 Å². The predicted octanol–water partition coefficient (Wildman–Crippen LogP) is 2.32. The number of hydrogen-bond acceptors (Lipinski definition) is 3. The molecule has 1 heterocycles. The molecule has 0 aliphatic carbocycles. The van der Waals surface area contributed by atoms with Crippen molar-refractivity contribution < 1.29 is 14.3 Å². The Balaban J connectivity index is 2.69. The molecule has 1 aliphatic rings. The molecule has 0 amide bonds. The third-order valence-corrected chi connectivity index (χ3v) is 2.68. The fraction of sp³-hybridized carbons (Fsp3) is 0.875. The number of alkyl halides is 3. The summed E-state index contributed by atoms with van der Waals surface area (Å²) in [4.78, 5) is 11.6. The standard InChI is InChI=1S/C8H11Cl3O3/c1-13-7-5(3-2-4-14-7)6(12)8(9,10)11/h5,7H,2-4H2,1H3.